The van der Waals surface area contributed by atoms with Gasteiger partial charge in [-0.25, -0.2) is 0 Å². The smallest absolute Gasteiger partial charge is 0.304 e. The maximum absolute atomic E-state index is 13.9. The highest BCUT2D eigenvalue weighted by molar-refractivity contribution is 5.85. The van der Waals surface area contributed by atoms with Crippen LogP contribution in [-0.2, 0) is 15.1 Å². The highest BCUT2D eigenvalue weighted by Gasteiger charge is 2.37. The molecule has 0 amide bonds. The molecule has 1 unspecified atom stereocenters. The minimum atomic E-state index is -2.07. The fourth-order valence-corrected chi connectivity index (χ4v) is 4.42. The van der Waals surface area contributed by atoms with Crippen molar-refractivity contribution in [2.24, 2.45) is 5.92 Å². The van der Waals surface area contributed by atoms with Crippen molar-refractivity contribution in [3.05, 3.63) is 71.8 Å². The van der Waals surface area contributed by atoms with Crippen molar-refractivity contribution in [2.75, 3.05) is 33.3 Å². The molecule has 0 aromatic heterocycles. The van der Waals surface area contributed by atoms with Crippen molar-refractivity contribution in [1.82, 2.24) is 0 Å². The Morgan fingerprint density at radius 1 is 1.06 bits per heavy atom. The van der Waals surface area contributed by atoms with E-state index < -0.39 is 11.6 Å². The molecule has 3 rings (SSSR count). The first-order valence-electron chi connectivity index (χ1n) is 11.8. The Hall–Kier alpha value is -2.61. The number of benzene rings is 2. The second-order valence-corrected chi connectivity index (χ2v) is 9.16. The zero-order valence-electron chi connectivity index (χ0n) is 19.4. The summed E-state index contributed by atoms with van der Waals surface area (Å²) in [6.07, 6.45) is 5.57. The first-order valence-corrected chi connectivity index (χ1v) is 11.8. The number of quaternary nitrogens is 1. The van der Waals surface area contributed by atoms with E-state index in [9.17, 15) is 9.90 Å². The number of esters is 1. The fraction of sp³-hybridized carbons (Fsp3) is 0.464. The lowest BCUT2D eigenvalue weighted by molar-refractivity contribution is -0.892. The second-order valence-electron chi connectivity index (χ2n) is 9.16. The molecule has 32 heavy (non-hydrogen) atoms. The molecule has 1 aliphatic rings. The van der Waals surface area contributed by atoms with E-state index in [-0.39, 0.29) is 12.5 Å². The third-order valence-corrected chi connectivity index (χ3v) is 6.37. The molecule has 2 aromatic rings. The van der Waals surface area contributed by atoms with Gasteiger partial charge in [0.15, 0.2) is 0 Å². The van der Waals surface area contributed by atoms with Gasteiger partial charge in [-0.1, -0.05) is 86.3 Å². The Balaban J connectivity index is 1.60. The molecule has 0 spiro atoms. The van der Waals surface area contributed by atoms with Crippen LogP contribution in [-0.4, -0.2) is 43.7 Å². The van der Waals surface area contributed by atoms with Gasteiger partial charge in [-0.3, -0.25) is 4.79 Å². The standard InChI is InChI=1S/C28H35NO3/c1-3-4-5-6-7-14-20-29(2)21-19-24(22-29)23-32-27(30)28(31,25-15-10-8-11-16-25)26-17-12-9-13-18-26/h8-13,15-18,24H,3-6,19-23H2,1-2H3/t24-,29?/m0/s1. The van der Waals surface area contributed by atoms with Gasteiger partial charge in [0.25, 0.3) is 0 Å². The molecule has 4 heteroatoms. The SMILES string of the molecule is CCCCCC#CC[N+]1(C)CC[C@H](COC(=O)C([O-])(c2ccccc2)c2ccccc2)C1. The van der Waals surface area contributed by atoms with Crippen molar-refractivity contribution in [3.8, 4) is 11.8 Å². The summed E-state index contributed by atoms with van der Waals surface area (Å²) in [5, 5.41) is 13.9. The van der Waals surface area contributed by atoms with E-state index in [0.717, 1.165) is 37.0 Å². The summed E-state index contributed by atoms with van der Waals surface area (Å²) in [6, 6.07) is 17.6. The summed E-state index contributed by atoms with van der Waals surface area (Å²) in [7, 11) is 2.22. The van der Waals surface area contributed by atoms with Crippen LogP contribution in [0.15, 0.2) is 60.7 Å². The van der Waals surface area contributed by atoms with Crippen molar-refractivity contribution in [2.45, 2.75) is 44.6 Å². The van der Waals surface area contributed by atoms with Gasteiger partial charge in [0.2, 0.25) is 0 Å². The predicted molar refractivity (Wildman–Crippen MR) is 125 cm³/mol. The van der Waals surface area contributed by atoms with Crippen molar-refractivity contribution in [1.29, 1.82) is 0 Å². The number of nitrogens with zero attached hydrogens (tertiary/aromatic N) is 1. The monoisotopic (exact) mass is 433 g/mol. The molecule has 1 heterocycles. The maximum Gasteiger partial charge on any atom is 0.304 e. The Kier molecular flexibility index (Phi) is 8.50. The molecule has 0 aliphatic carbocycles. The second kappa shape index (κ2) is 11.3. The van der Waals surface area contributed by atoms with E-state index >= 15 is 0 Å². The van der Waals surface area contributed by atoms with Crippen molar-refractivity contribution < 1.29 is 19.1 Å². The highest BCUT2D eigenvalue weighted by atomic mass is 16.5. The Morgan fingerprint density at radius 3 is 2.28 bits per heavy atom. The van der Waals surface area contributed by atoms with Gasteiger partial charge in [0.05, 0.1) is 26.7 Å². The van der Waals surface area contributed by atoms with Crippen LogP contribution in [0, 0.1) is 17.8 Å². The van der Waals surface area contributed by atoms with Crippen LogP contribution in [0.4, 0.5) is 0 Å². The van der Waals surface area contributed by atoms with Gasteiger partial charge >= 0.3 is 5.97 Å². The molecule has 1 saturated heterocycles. The minimum absolute atomic E-state index is 0.252. The van der Waals surface area contributed by atoms with Crippen LogP contribution in [0.3, 0.4) is 0 Å². The number of ether oxygens (including phenoxy) is 1. The first kappa shape index (κ1) is 24.0. The average Bonchev–Trinajstić information content (AvgIpc) is 3.21. The van der Waals surface area contributed by atoms with E-state index in [4.69, 9.17) is 4.74 Å². The lowest BCUT2D eigenvalue weighted by Gasteiger charge is -2.39. The van der Waals surface area contributed by atoms with Crippen molar-refractivity contribution in [3.63, 3.8) is 0 Å². The van der Waals surface area contributed by atoms with Gasteiger partial charge in [-0.05, 0) is 23.5 Å². The van der Waals surface area contributed by atoms with Crippen LogP contribution in [0.1, 0.15) is 50.2 Å². The third kappa shape index (κ3) is 6.00. The summed E-state index contributed by atoms with van der Waals surface area (Å²) in [6.45, 7) is 5.25. The number of rotatable bonds is 9. The van der Waals surface area contributed by atoms with Gasteiger partial charge < -0.3 is 14.3 Å². The summed E-state index contributed by atoms with van der Waals surface area (Å²) in [5.74, 6) is 6.17. The fourth-order valence-electron chi connectivity index (χ4n) is 4.42. The number of carbonyl (C=O) groups is 1. The number of hydrogen-bond acceptors (Lipinski definition) is 3. The number of likely N-dealkylation sites (tertiary alicyclic amines) is 1. The molecular weight excluding hydrogens is 398 g/mol. The van der Waals surface area contributed by atoms with E-state index in [1.165, 1.54) is 19.3 Å². The molecule has 170 valence electrons. The number of hydrogen-bond donors (Lipinski definition) is 0. The average molecular weight is 434 g/mol. The zero-order chi connectivity index (χ0) is 22.9. The lowest BCUT2D eigenvalue weighted by atomic mass is 9.86. The predicted octanol–water partition coefficient (Wildman–Crippen LogP) is 3.88. The van der Waals surface area contributed by atoms with Crippen LogP contribution >= 0.6 is 0 Å². The summed E-state index contributed by atoms with van der Waals surface area (Å²) < 4.78 is 6.54. The van der Waals surface area contributed by atoms with Gasteiger partial charge in [0, 0.05) is 24.4 Å². The molecule has 0 saturated carbocycles. The molecule has 0 radical (unpaired) electrons. The normalized spacial score (nSPS) is 20.4. The molecule has 0 N–H and O–H groups in total. The van der Waals surface area contributed by atoms with Gasteiger partial charge in [-0.2, -0.15) is 0 Å². The zero-order valence-corrected chi connectivity index (χ0v) is 19.4. The molecule has 4 nitrogen and oxygen atoms in total. The number of carbonyl (C=O) groups excluding carboxylic acids is 1. The Labute approximate surface area is 192 Å². The summed E-state index contributed by atoms with van der Waals surface area (Å²) >= 11 is 0. The Morgan fingerprint density at radius 2 is 1.69 bits per heavy atom. The molecule has 2 aromatic carbocycles. The van der Waals surface area contributed by atoms with Crippen molar-refractivity contribution >= 4 is 5.97 Å². The maximum atomic E-state index is 13.9. The summed E-state index contributed by atoms with van der Waals surface area (Å²) in [5.41, 5.74) is -1.26. The third-order valence-electron chi connectivity index (χ3n) is 6.37. The van der Waals surface area contributed by atoms with E-state index in [2.05, 4.69) is 25.8 Å². The molecule has 1 fully saturated rings. The van der Waals surface area contributed by atoms with Crippen LogP contribution in [0.5, 0.6) is 0 Å². The quantitative estimate of drug-likeness (QED) is 0.261. The van der Waals surface area contributed by atoms with Crippen LogP contribution in [0.25, 0.3) is 0 Å². The van der Waals surface area contributed by atoms with Crippen LogP contribution in [0.2, 0.25) is 0 Å². The molecule has 2 atom stereocenters. The van der Waals surface area contributed by atoms with Gasteiger partial charge in [0.1, 0.15) is 6.54 Å². The largest absolute Gasteiger partial charge is 0.834 e. The minimum Gasteiger partial charge on any atom is -0.834 e. The summed E-state index contributed by atoms with van der Waals surface area (Å²) in [4.78, 5) is 13.1. The molecular formula is C28H35NO3. The Bertz CT molecular complexity index is 876. The highest BCUT2D eigenvalue weighted by Crippen LogP contribution is 2.29. The first-order chi connectivity index (χ1) is 15.5. The van der Waals surface area contributed by atoms with Crippen LogP contribution < -0.4 is 5.11 Å². The lowest BCUT2D eigenvalue weighted by Crippen LogP contribution is -2.50. The topological polar surface area (TPSA) is 49.4 Å². The van der Waals surface area contributed by atoms with E-state index in [1.54, 1.807) is 48.5 Å². The van der Waals surface area contributed by atoms with E-state index in [0.29, 0.717) is 11.1 Å². The molecule has 0 bridgehead atoms. The van der Waals surface area contributed by atoms with Gasteiger partial charge in [-0.15, -0.1) is 0 Å². The number of unbranched alkanes of at least 4 members (excludes halogenated alkanes) is 3. The van der Waals surface area contributed by atoms with E-state index in [1.807, 2.05) is 12.1 Å². The molecule has 1 aliphatic heterocycles.